The number of hydrogen-bond acceptors (Lipinski definition) is 4. The molecule has 6 nitrogen and oxygen atoms in total. The quantitative estimate of drug-likeness (QED) is 0.903. The lowest BCUT2D eigenvalue weighted by Crippen LogP contribution is -2.37. The van der Waals surface area contributed by atoms with Crippen molar-refractivity contribution in [2.24, 2.45) is 5.92 Å². The van der Waals surface area contributed by atoms with Crippen molar-refractivity contribution in [3.63, 3.8) is 0 Å². The van der Waals surface area contributed by atoms with Gasteiger partial charge >= 0.3 is 5.97 Å². The summed E-state index contributed by atoms with van der Waals surface area (Å²) in [5, 5.41) is 17.8. The van der Waals surface area contributed by atoms with Crippen LogP contribution in [0.4, 0.5) is 4.39 Å². The number of carbonyl (C=O) groups is 1. The number of sulfonamides is 1. The zero-order chi connectivity index (χ0) is 15.8. The summed E-state index contributed by atoms with van der Waals surface area (Å²) in [4.78, 5) is 10.8. The number of nitrogens with zero attached hydrogens (tertiary/aromatic N) is 2. The lowest BCUT2D eigenvalue weighted by Gasteiger charge is -2.22. The molecule has 1 heterocycles. The van der Waals surface area contributed by atoms with Gasteiger partial charge in [-0.1, -0.05) is 0 Å². The molecule has 1 N–H and O–H groups in total. The van der Waals surface area contributed by atoms with Gasteiger partial charge in [-0.2, -0.15) is 9.57 Å². The summed E-state index contributed by atoms with van der Waals surface area (Å²) in [6, 6.07) is 3.85. The minimum Gasteiger partial charge on any atom is -0.481 e. The van der Waals surface area contributed by atoms with E-state index in [1.54, 1.807) is 6.07 Å². The van der Waals surface area contributed by atoms with Gasteiger partial charge in [-0.3, -0.25) is 4.79 Å². The highest BCUT2D eigenvalue weighted by molar-refractivity contribution is 7.89. The summed E-state index contributed by atoms with van der Waals surface area (Å²) in [5.74, 6) is -2.61. The first-order valence-corrected chi connectivity index (χ1v) is 7.67. The lowest BCUT2D eigenvalue weighted by atomic mass is 10.0. The van der Waals surface area contributed by atoms with Crippen molar-refractivity contribution in [2.75, 3.05) is 6.54 Å². The minimum absolute atomic E-state index is 0.0831. The molecule has 0 bridgehead atoms. The van der Waals surface area contributed by atoms with Crippen LogP contribution in [0.25, 0.3) is 0 Å². The Balaban J connectivity index is 2.40. The third-order valence-electron chi connectivity index (χ3n) is 3.68. The molecular weight excluding hydrogens is 299 g/mol. The maximum absolute atomic E-state index is 13.3. The molecule has 21 heavy (non-hydrogen) atoms. The van der Waals surface area contributed by atoms with Crippen LogP contribution < -0.4 is 0 Å². The van der Waals surface area contributed by atoms with E-state index in [0.29, 0.717) is 0 Å². The van der Waals surface area contributed by atoms with Crippen LogP contribution in [0.3, 0.4) is 0 Å². The van der Waals surface area contributed by atoms with E-state index in [2.05, 4.69) is 0 Å². The largest absolute Gasteiger partial charge is 0.481 e. The maximum atomic E-state index is 13.3. The normalized spacial score (nSPS) is 22.9. The van der Waals surface area contributed by atoms with E-state index in [0.717, 1.165) is 22.5 Å². The molecule has 1 aromatic carbocycles. The molecule has 1 aromatic rings. The molecule has 0 radical (unpaired) electrons. The van der Waals surface area contributed by atoms with Gasteiger partial charge in [-0.15, -0.1) is 0 Å². The smallest absolute Gasteiger partial charge is 0.308 e. The van der Waals surface area contributed by atoms with Crippen molar-refractivity contribution in [1.29, 1.82) is 5.26 Å². The zero-order valence-corrected chi connectivity index (χ0v) is 12.0. The molecule has 0 spiro atoms. The molecule has 1 aliphatic rings. The Hall–Kier alpha value is -1.98. The van der Waals surface area contributed by atoms with E-state index in [4.69, 9.17) is 10.4 Å². The molecule has 8 heteroatoms. The average Bonchev–Trinajstić information content (AvgIpc) is 2.81. The summed E-state index contributed by atoms with van der Waals surface area (Å²) in [5.41, 5.74) is -0.363. The van der Waals surface area contributed by atoms with E-state index in [1.165, 1.54) is 6.92 Å². The molecule has 1 saturated heterocycles. The highest BCUT2D eigenvalue weighted by Gasteiger charge is 2.42. The number of carboxylic acids is 1. The lowest BCUT2D eigenvalue weighted by molar-refractivity contribution is -0.142. The third kappa shape index (κ3) is 2.62. The molecule has 2 unspecified atom stereocenters. The predicted octanol–water partition coefficient (Wildman–Crippen LogP) is 1.18. The van der Waals surface area contributed by atoms with Gasteiger partial charge < -0.3 is 5.11 Å². The highest BCUT2D eigenvalue weighted by atomic mass is 32.2. The Morgan fingerprint density at radius 1 is 1.52 bits per heavy atom. The summed E-state index contributed by atoms with van der Waals surface area (Å²) in [6.07, 6.45) is 0.224. The third-order valence-corrected chi connectivity index (χ3v) is 5.66. The fourth-order valence-electron chi connectivity index (χ4n) is 2.47. The SMILES string of the molecule is CC1C(C(=O)O)CCN1S(=O)(=O)c1ccc(F)c(C#N)c1. The number of benzene rings is 1. The summed E-state index contributed by atoms with van der Waals surface area (Å²) < 4.78 is 39.3. The van der Waals surface area contributed by atoms with Gasteiger partial charge in [0.25, 0.3) is 0 Å². The molecule has 2 rings (SSSR count). The number of aliphatic carboxylic acids is 1. The van der Waals surface area contributed by atoms with Crippen molar-refractivity contribution >= 4 is 16.0 Å². The van der Waals surface area contributed by atoms with Crippen molar-refractivity contribution in [3.8, 4) is 6.07 Å². The number of halogens is 1. The Morgan fingerprint density at radius 2 is 2.19 bits per heavy atom. The molecule has 1 aliphatic heterocycles. The number of carboxylic acid groups (broad SMARTS) is 1. The fourth-order valence-corrected chi connectivity index (χ4v) is 4.17. The second kappa shape index (κ2) is 5.42. The predicted molar refractivity (Wildman–Crippen MR) is 70.2 cm³/mol. The number of rotatable bonds is 3. The van der Waals surface area contributed by atoms with Crippen LogP contribution in [-0.2, 0) is 14.8 Å². The van der Waals surface area contributed by atoms with Crippen LogP contribution in [-0.4, -0.2) is 36.4 Å². The Bertz CT molecular complexity index is 726. The van der Waals surface area contributed by atoms with E-state index in [9.17, 15) is 17.6 Å². The molecular formula is C13H13FN2O4S. The second-order valence-corrected chi connectivity index (χ2v) is 6.73. The van der Waals surface area contributed by atoms with Gasteiger partial charge in [0.15, 0.2) is 0 Å². The maximum Gasteiger partial charge on any atom is 0.308 e. The number of nitriles is 1. The Morgan fingerprint density at radius 3 is 2.71 bits per heavy atom. The van der Waals surface area contributed by atoms with Crippen LogP contribution in [0.1, 0.15) is 18.9 Å². The van der Waals surface area contributed by atoms with Crippen molar-refractivity contribution < 1.29 is 22.7 Å². The molecule has 0 aromatic heterocycles. The molecule has 112 valence electrons. The van der Waals surface area contributed by atoms with Crippen LogP contribution in [0.5, 0.6) is 0 Å². The Labute approximate surface area is 121 Å². The first kappa shape index (κ1) is 15.4. The van der Waals surface area contributed by atoms with Crippen molar-refractivity contribution in [2.45, 2.75) is 24.3 Å². The van der Waals surface area contributed by atoms with Gasteiger partial charge in [0.05, 0.1) is 16.4 Å². The van der Waals surface area contributed by atoms with Crippen molar-refractivity contribution in [1.82, 2.24) is 4.31 Å². The first-order chi connectivity index (χ1) is 9.78. The summed E-state index contributed by atoms with van der Waals surface area (Å²) in [6.45, 7) is 1.61. The van der Waals surface area contributed by atoms with Gasteiger partial charge in [0.1, 0.15) is 11.9 Å². The molecule has 1 fully saturated rings. The zero-order valence-electron chi connectivity index (χ0n) is 11.2. The van der Waals surface area contributed by atoms with Crippen LogP contribution >= 0.6 is 0 Å². The number of hydrogen-bond donors (Lipinski definition) is 1. The minimum atomic E-state index is -3.95. The van der Waals surface area contributed by atoms with E-state index < -0.39 is 33.8 Å². The molecule has 0 amide bonds. The topological polar surface area (TPSA) is 98.5 Å². The summed E-state index contributed by atoms with van der Waals surface area (Å²) in [7, 11) is -3.95. The van der Waals surface area contributed by atoms with Gasteiger partial charge in [-0.25, -0.2) is 12.8 Å². The molecule has 0 saturated carbocycles. The van der Waals surface area contributed by atoms with Crippen LogP contribution in [0.15, 0.2) is 23.1 Å². The standard InChI is InChI=1S/C13H13FN2O4S/c1-8-11(13(17)18)4-5-16(8)21(19,20)10-2-3-12(14)9(6-10)7-15/h2-3,6,8,11H,4-5H2,1H3,(H,17,18). The molecule has 2 atom stereocenters. The second-order valence-electron chi connectivity index (χ2n) is 4.84. The Kier molecular flexibility index (Phi) is 3.98. The van der Waals surface area contributed by atoms with Gasteiger partial charge in [0.2, 0.25) is 10.0 Å². The van der Waals surface area contributed by atoms with E-state index in [1.807, 2.05) is 0 Å². The van der Waals surface area contributed by atoms with Crippen LogP contribution in [0.2, 0.25) is 0 Å². The first-order valence-electron chi connectivity index (χ1n) is 6.23. The fraction of sp³-hybridized carbons (Fsp3) is 0.385. The summed E-state index contributed by atoms with van der Waals surface area (Å²) >= 11 is 0. The van der Waals surface area contributed by atoms with E-state index >= 15 is 0 Å². The molecule has 0 aliphatic carbocycles. The van der Waals surface area contributed by atoms with Gasteiger partial charge in [0, 0.05) is 12.6 Å². The average molecular weight is 312 g/mol. The highest BCUT2D eigenvalue weighted by Crippen LogP contribution is 2.30. The monoisotopic (exact) mass is 312 g/mol. The van der Waals surface area contributed by atoms with Crippen LogP contribution in [0, 0.1) is 23.1 Å². The van der Waals surface area contributed by atoms with Crippen molar-refractivity contribution in [3.05, 3.63) is 29.6 Å². The van der Waals surface area contributed by atoms with E-state index in [-0.39, 0.29) is 23.4 Å². The van der Waals surface area contributed by atoms with Gasteiger partial charge in [-0.05, 0) is 31.5 Å².